The van der Waals surface area contributed by atoms with Crippen LogP contribution >= 0.6 is 0 Å². The van der Waals surface area contributed by atoms with Gasteiger partial charge in [-0.1, -0.05) is 13.8 Å². The van der Waals surface area contributed by atoms with E-state index in [-0.39, 0.29) is 0 Å². The summed E-state index contributed by atoms with van der Waals surface area (Å²) in [5, 5.41) is 3.42. The van der Waals surface area contributed by atoms with Crippen LogP contribution in [-0.4, -0.2) is 29.6 Å². The van der Waals surface area contributed by atoms with Crippen molar-refractivity contribution in [2.24, 2.45) is 0 Å². The van der Waals surface area contributed by atoms with Crippen LogP contribution in [-0.2, 0) is 6.42 Å². The molecule has 0 saturated carbocycles. The molecule has 108 valence electrons. The van der Waals surface area contributed by atoms with Crippen LogP contribution in [0.3, 0.4) is 0 Å². The number of hydrogen-bond acceptors (Lipinski definition) is 4. The Kier molecular flexibility index (Phi) is 6.06. The quantitative estimate of drug-likeness (QED) is 0.819. The molecule has 4 heteroatoms. The number of hydrogen-bond donors (Lipinski definition) is 1. The molecule has 19 heavy (non-hydrogen) atoms. The second-order valence-electron chi connectivity index (χ2n) is 5.32. The third kappa shape index (κ3) is 4.08. The Hall–Kier alpha value is -1.32. The summed E-state index contributed by atoms with van der Waals surface area (Å²) in [6.07, 6.45) is 3.10. The van der Waals surface area contributed by atoms with Gasteiger partial charge >= 0.3 is 0 Å². The van der Waals surface area contributed by atoms with Gasteiger partial charge in [-0.3, -0.25) is 0 Å². The van der Waals surface area contributed by atoms with E-state index in [1.807, 2.05) is 0 Å². The molecule has 0 unspecified atom stereocenters. The van der Waals surface area contributed by atoms with Gasteiger partial charge in [0.15, 0.2) is 0 Å². The number of rotatable bonds is 7. The summed E-state index contributed by atoms with van der Waals surface area (Å²) in [6.45, 7) is 11.7. The zero-order valence-corrected chi connectivity index (χ0v) is 13.2. The zero-order valence-electron chi connectivity index (χ0n) is 13.2. The maximum Gasteiger partial charge on any atom is 0.137 e. The summed E-state index contributed by atoms with van der Waals surface area (Å²) in [5.41, 5.74) is 1.14. The summed E-state index contributed by atoms with van der Waals surface area (Å²) in [5.74, 6) is 2.98. The fraction of sp³-hybridized carbons (Fsp3) is 0.733. The topological polar surface area (TPSA) is 41.1 Å². The molecular formula is C15H28N4. The van der Waals surface area contributed by atoms with Crippen molar-refractivity contribution in [2.75, 3.05) is 23.8 Å². The van der Waals surface area contributed by atoms with Gasteiger partial charge in [0.05, 0.1) is 0 Å². The van der Waals surface area contributed by atoms with E-state index < -0.39 is 0 Å². The fourth-order valence-electron chi connectivity index (χ4n) is 1.89. The molecule has 0 aliphatic heterocycles. The lowest BCUT2D eigenvalue weighted by atomic mass is 10.2. The highest BCUT2D eigenvalue weighted by molar-refractivity contribution is 5.58. The minimum absolute atomic E-state index is 0.433. The molecule has 4 nitrogen and oxygen atoms in total. The Morgan fingerprint density at radius 1 is 1.16 bits per heavy atom. The van der Waals surface area contributed by atoms with Gasteiger partial charge in [0.2, 0.25) is 0 Å². The van der Waals surface area contributed by atoms with E-state index >= 15 is 0 Å². The largest absolute Gasteiger partial charge is 0.370 e. The van der Waals surface area contributed by atoms with Crippen LogP contribution in [0.15, 0.2) is 0 Å². The van der Waals surface area contributed by atoms with Crippen molar-refractivity contribution in [3.05, 3.63) is 11.4 Å². The predicted octanol–water partition coefficient (Wildman–Crippen LogP) is 3.40. The minimum Gasteiger partial charge on any atom is -0.370 e. The number of nitrogens with zero attached hydrogens (tertiary/aromatic N) is 3. The summed E-state index contributed by atoms with van der Waals surface area (Å²) in [6, 6.07) is 0.433. The van der Waals surface area contributed by atoms with Crippen molar-refractivity contribution in [1.82, 2.24) is 9.97 Å². The maximum atomic E-state index is 4.73. The minimum atomic E-state index is 0.433. The molecule has 0 amide bonds. The van der Waals surface area contributed by atoms with E-state index in [4.69, 9.17) is 4.98 Å². The van der Waals surface area contributed by atoms with Crippen molar-refractivity contribution in [3.8, 4) is 0 Å². The van der Waals surface area contributed by atoms with E-state index in [2.05, 4.69) is 56.9 Å². The van der Waals surface area contributed by atoms with Gasteiger partial charge in [0, 0.05) is 31.6 Å². The fourth-order valence-corrected chi connectivity index (χ4v) is 1.89. The Morgan fingerprint density at radius 2 is 1.84 bits per heavy atom. The van der Waals surface area contributed by atoms with E-state index in [0.717, 1.165) is 48.8 Å². The predicted molar refractivity (Wildman–Crippen MR) is 83.1 cm³/mol. The average molecular weight is 264 g/mol. The highest BCUT2D eigenvalue weighted by Gasteiger charge is 2.15. The second kappa shape index (κ2) is 7.31. The molecular weight excluding hydrogens is 236 g/mol. The smallest absolute Gasteiger partial charge is 0.137 e. The molecule has 0 bridgehead atoms. The molecule has 0 saturated heterocycles. The highest BCUT2D eigenvalue weighted by atomic mass is 15.2. The van der Waals surface area contributed by atoms with Gasteiger partial charge in [-0.25, -0.2) is 9.97 Å². The monoisotopic (exact) mass is 264 g/mol. The Balaban J connectivity index is 3.16. The molecule has 0 aliphatic carbocycles. The molecule has 0 aromatic carbocycles. The van der Waals surface area contributed by atoms with Crippen molar-refractivity contribution >= 4 is 11.6 Å². The molecule has 1 aromatic rings. The molecule has 0 fully saturated rings. The zero-order chi connectivity index (χ0) is 14.4. The van der Waals surface area contributed by atoms with Gasteiger partial charge in [-0.15, -0.1) is 0 Å². The molecule has 1 heterocycles. The van der Waals surface area contributed by atoms with Gasteiger partial charge in [0.25, 0.3) is 0 Å². The first-order valence-electron chi connectivity index (χ1n) is 7.35. The van der Waals surface area contributed by atoms with E-state index in [0.29, 0.717) is 6.04 Å². The summed E-state index contributed by atoms with van der Waals surface area (Å²) in [4.78, 5) is 11.6. The van der Waals surface area contributed by atoms with Gasteiger partial charge in [-0.05, 0) is 33.6 Å². The molecule has 1 rings (SSSR count). The van der Waals surface area contributed by atoms with Crippen LogP contribution in [0, 0.1) is 6.92 Å². The SMILES string of the molecule is CCCNc1nc(CCC)nc(N(C)C(C)C)c1C. The van der Waals surface area contributed by atoms with Crippen LogP contribution < -0.4 is 10.2 Å². The van der Waals surface area contributed by atoms with E-state index in [1.54, 1.807) is 0 Å². The molecule has 1 N–H and O–H groups in total. The van der Waals surface area contributed by atoms with Crippen LogP contribution in [0.4, 0.5) is 11.6 Å². The lowest BCUT2D eigenvalue weighted by Gasteiger charge is -2.26. The maximum absolute atomic E-state index is 4.73. The van der Waals surface area contributed by atoms with Crippen LogP contribution in [0.25, 0.3) is 0 Å². The van der Waals surface area contributed by atoms with Crippen molar-refractivity contribution in [3.63, 3.8) is 0 Å². The number of nitrogens with one attached hydrogen (secondary N) is 1. The molecule has 1 aromatic heterocycles. The third-order valence-electron chi connectivity index (χ3n) is 3.29. The van der Waals surface area contributed by atoms with Gasteiger partial charge < -0.3 is 10.2 Å². The van der Waals surface area contributed by atoms with Gasteiger partial charge in [-0.2, -0.15) is 0 Å². The lowest BCUT2D eigenvalue weighted by Crippen LogP contribution is -2.28. The van der Waals surface area contributed by atoms with Crippen molar-refractivity contribution in [1.29, 1.82) is 0 Å². The summed E-state index contributed by atoms with van der Waals surface area (Å²) >= 11 is 0. The normalized spacial score (nSPS) is 10.9. The molecule has 0 atom stereocenters. The summed E-state index contributed by atoms with van der Waals surface area (Å²) < 4.78 is 0. The molecule has 0 aliphatic rings. The average Bonchev–Trinajstić information content (AvgIpc) is 2.38. The Labute approximate surface area is 117 Å². The van der Waals surface area contributed by atoms with E-state index in [1.165, 1.54) is 0 Å². The number of aromatic nitrogens is 2. The van der Waals surface area contributed by atoms with Crippen molar-refractivity contribution in [2.45, 2.75) is 59.9 Å². The molecule has 0 spiro atoms. The first-order chi connectivity index (χ1) is 9.01. The standard InChI is InChI=1S/C15H28N4/c1-7-9-13-17-14(16-10-8-2)12(5)15(18-13)19(6)11(3)4/h11H,7-10H2,1-6H3,(H,16,17,18). The first kappa shape index (κ1) is 15.7. The Bertz CT molecular complexity index is 401. The van der Waals surface area contributed by atoms with Crippen molar-refractivity contribution < 1.29 is 0 Å². The number of anilines is 2. The lowest BCUT2D eigenvalue weighted by molar-refractivity contribution is 0.727. The van der Waals surface area contributed by atoms with Crippen LogP contribution in [0.5, 0.6) is 0 Å². The number of aryl methyl sites for hydroxylation is 1. The Morgan fingerprint density at radius 3 is 2.37 bits per heavy atom. The van der Waals surface area contributed by atoms with Crippen LogP contribution in [0.1, 0.15) is 51.9 Å². The highest BCUT2D eigenvalue weighted by Crippen LogP contribution is 2.24. The third-order valence-corrected chi connectivity index (χ3v) is 3.29. The first-order valence-corrected chi connectivity index (χ1v) is 7.35. The summed E-state index contributed by atoms with van der Waals surface area (Å²) in [7, 11) is 2.10. The second-order valence-corrected chi connectivity index (χ2v) is 5.32. The van der Waals surface area contributed by atoms with Crippen LogP contribution in [0.2, 0.25) is 0 Å². The van der Waals surface area contributed by atoms with E-state index in [9.17, 15) is 0 Å². The molecule has 0 radical (unpaired) electrons. The van der Waals surface area contributed by atoms with Gasteiger partial charge in [0.1, 0.15) is 17.5 Å².